The summed E-state index contributed by atoms with van der Waals surface area (Å²) in [6.45, 7) is 4.04. The monoisotopic (exact) mass is 246 g/mol. The van der Waals surface area contributed by atoms with Gasteiger partial charge in [-0.15, -0.1) is 0 Å². The number of rotatable bonds is 5. The number of benzene rings is 1. The summed E-state index contributed by atoms with van der Waals surface area (Å²) in [5.74, 6) is 0.514. The Hall–Kier alpha value is -2.03. The van der Waals surface area contributed by atoms with Gasteiger partial charge in [0.25, 0.3) is 0 Å². The second-order valence-corrected chi connectivity index (χ2v) is 3.75. The lowest BCUT2D eigenvalue weighted by Crippen LogP contribution is -1.99. The largest absolute Gasteiger partial charge is 0.497 e. The molecular formula is C15H18O3. The zero-order chi connectivity index (χ0) is 13.4. The van der Waals surface area contributed by atoms with Crippen molar-refractivity contribution in [3.05, 3.63) is 47.6 Å². The Morgan fingerprint density at radius 3 is 2.50 bits per heavy atom. The Kier molecular flexibility index (Phi) is 5.71. The van der Waals surface area contributed by atoms with Crippen LogP contribution < -0.4 is 4.74 Å². The maximum absolute atomic E-state index is 11.2. The summed E-state index contributed by atoms with van der Waals surface area (Å²) in [7, 11) is 1.64. The van der Waals surface area contributed by atoms with E-state index in [1.807, 2.05) is 43.3 Å². The molecule has 0 aromatic heterocycles. The fourth-order valence-electron chi connectivity index (χ4n) is 1.36. The van der Waals surface area contributed by atoms with Crippen LogP contribution in [0.3, 0.4) is 0 Å². The van der Waals surface area contributed by atoms with Crippen molar-refractivity contribution in [1.82, 2.24) is 0 Å². The van der Waals surface area contributed by atoms with Crippen LogP contribution in [-0.4, -0.2) is 19.7 Å². The van der Waals surface area contributed by atoms with Gasteiger partial charge in [-0.2, -0.15) is 0 Å². The van der Waals surface area contributed by atoms with Crippen LogP contribution in [0.4, 0.5) is 0 Å². The third-order valence-electron chi connectivity index (χ3n) is 2.29. The van der Waals surface area contributed by atoms with E-state index in [4.69, 9.17) is 9.47 Å². The van der Waals surface area contributed by atoms with E-state index >= 15 is 0 Å². The molecular weight excluding hydrogens is 228 g/mol. The minimum Gasteiger partial charge on any atom is -0.497 e. The van der Waals surface area contributed by atoms with E-state index in [0.29, 0.717) is 6.61 Å². The van der Waals surface area contributed by atoms with Gasteiger partial charge in [0.2, 0.25) is 0 Å². The molecule has 0 aliphatic heterocycles. The first-order chi connectivity index (χ1) is 8.65. The first-order valence-electron chi connectivity index (χ1n) is 5.83. The predicted octanol–water partition coefficient (Wildman–Crippen LogP) is 3.22. The molecule has 0 saturated heterocycles. The van der Waals surface area contributed by atoms with Gasteiger partial charge in [0.1, 0.15) is 5.75 Å². The van der Waals surface area contributed by atoms with Gasteiger partial charge in [-0.25, -0.2) is 4.79 Å². The highest BCUT2D eigenvalue weighted by Crippen LogP contribution is 2.13. The quantitative estimate of drug-likeness (QED) is 0.454. The van der Waals surface area contributed by atoms with Gasteiger partial charge in [0, 0.05) is 6.08 Å². The van der Waals surface area contributed by atoms with Crippen LogP contribution in [0.1, 0.15) is 19.4 Å². The lowest BCUT2D eigenvalue weighted by Gasteiger charge is -1.99. The van der Waals surface area contributed by atoms with Gasteiger partial charge < -0.3 is 9.47 Å². The second-order valence-electron chi connectivity index (χ2n) is 3.75. The highest BCUT2D eigenvalue weighted by molar-refractivity contribution is 5.83. The number of esters is 1. The number of methoxy groups -OCH3 is 1. The summed E-state index contributed by atoms with van der Waals surface area (Å²) in [6.07, 6.45) is 5.28. The van der Waals surface area contributed by atoms with Crippen LogP contribution in [0.25, 0.3) is 6.08 Å². The fraction of sp³-hybridized carbons (Fsp3) is 0.267. The highest BCUT2D eigenvalue weighted by atomic mass is 16.5. The highest BCUT2D eigenvalue weighted by Gasteiger charge is 1.95. The second kappa shape index (κ2) is 7.33. The standard InChI is InChI=1S/C15H18O3/c1-4-18-15(16)11-12(2)5-6-13-7-9-14(17-3)10-8-13/h5-11H,4H2,1-3H3/b6-5+,12-11+. The predicted molar refractivity (Wildman–Crippen MR) is 72.4 cm³/mol. The lowest BCUT2D eigenvalue weighted by molar-refractivity contribution is -0.137. The minimum absolute atomic E-state index is 0.311. The molecule has 0 aliphatic rings. The van der Waals surface area contributed by atoms with Crippen LogP contribution in [0.5, 0.6) is 5.75 Å². The van der Waals surface area contributed by atoms with Crippen molar-refractivity contribution in [2.24, 2.45) is 0 Å². The van der Waals surface area contributed by atoms with Crippen LogP contribution in [0, 0.1) is 0 Å². The van der Waals surface area contributed by atoms with Gasteiger partial charge >= 0.3 is 5.97 Å². The van der Waals surface area contributed by atoms with Gasteiger partial charge in [-0.1, -0.05) is 24.3 Å². The topological polar surface area (TPSA) is 35.5 Å². The molecule has 1 aromatic rings. The van der Waals surface area contributed by atoms with E-state index in [1.54, 1.807) is 14.0 Å². The molecule has 0 N–H and O–H groups in total. The molecule has 1 rings (SSSR count). The molecule has 3 nitrogen and oxygen atoms in total. The molecule has 0 unspecified atom stereocenters. The Balaban J connectivity index is 2.64. The molecule has 96 valence electrons. The zero-order valence-electron chi connectivity index (χ0n) is 11.0. The van der Waals surface area contributed by atoms with Crippen LogP contribution in [0.2, 0.25) is 0 Å². The fourth-order valence-corrected chi connectivity index (χ4v) is 1.36. The van der Waals surface area contributed by atoms with Gasteiger partial charge in [0.05, 0.1) is 13.7 Å². The maximum atomic E-state index is 11.2. The van der Waals surface area contributed by atoms with Crippen molar-refractivity contribution in [3.8, 4) is 5.75 Å². The Morgan fingerprint density at radius 2 is 1.94 bits per heavy atom. The summed E-state index contributed by atoms with van der Waals surface area (Å²) < 4.78 is 9.91. The van der Waals surface area contributed by atoms with Crippen LogP contribution >= 0.6 is 0 Å². The van der Waals surface area contributed by atoms with Crippen molar-refractivity contribution in [2.45, 2.75) is 13.8 Å². The van der Waals surface area contributed by atoms with E-state index in [0.717, 1.165) is 16.9 Å². The molecule has 0 fully saturated rings. The molecule has 0 atom stereocenters. The van der Waals surface area contributed by atoms with E-state index in [9.17, 15) is 4.79 Å². The average Bonchev–Trinajstić information content (AvgIpc) is 2.37. The molecule has 0 amide bonds. The van der Waals surface area contributed by atoms with Crippen molar-refractivity contribution >= 4 is 12.0 Å². The van der Waals surface area contributed by atoms with Gasteiger partial charge in [-0.05, 0) is 37.1 Å². The molecule has 3 heteroatoms. The van der Waals surface area contributed by atoms with Gasteiger partial charge in [-0.3, -0.25) is 0 Å². The summed E-state index contributed by atoms with van der Waals surface area (Å²) in [5, 5.41) is 0. The maximum Gasteiger partial charge on any atom is 0.330 e. The normalized spacial score (nSPS) is 11.6. The molecule has 0 heterocycles. The molecule has 1 aromatic carbocycles. The van der Waals surface area contributed by atoms with Crippen molar-refractivity contribution < 1.29 is 14.3 Å². The molecule has 0 radical (unpaired) electrons. The average molecular weight is 246 g/mol. The Morgan fingerprint density at radius 1 is 1.28 bits per heavy atom. The smallest absolute Gasteiger partial charge is 0.330 e. The summed E-state index contributed by atoms with van der Waals surface area (Å²) in [4.78, 5) is 11.2. The van der Waals surface area contributed by atoms with E-state index in [1.165, 1.54) is 6.08 Å². The van der Waals surface area contributed by atoms with E-state index in [2.05, 4.69) is 0 Å². The van der Waals surface area contributed by atoms with E-state index in [-0.39, 0.29) is 5.97 Å². The third-order valence-corrected chi connectivity index (χ3v) is 2.29. The van der Waals surface area contributed by atoms with Crippen molar-refractivity contribution in [1.29, 1.82) is 0 Å². The number of carbonyl (C=O) groups is 1. The first-order valence-corrected chi connectivity index (χ1v) is 5.83. The Bertz CT molecular complexity index is 441. The molecule has 0 aliphatic carbocycles. The van der Waals surface area contributed by atoms with Crippen LogP contribution in [-0.2, 0) is 9.53 Å². The molecule has 0 saturated carbocycles. The summed E-state index contributed by atoms with van der Waals surface area (Å²) in [5.41, 5.74) is 1.90. The van der Waals surface area contributed by atoms with E-state index < -0.39 is 0 Å². The number of hydrogen-bond donors (Lipinski definition) is 0. The third kappa shape index (κ3) is 4.87. The molecule has 0 bridgehead atoms. The number of hydrogen-bond acceptors (Lipinski definition) is 3. The minimum atomic E-state index is -0.311. The lowest BCUT2D eigenvalue weighted by atomic mass is 10.1. The number of allylic oxidation sites excluding steroid dienone is 2. The number of ether oxygens (including phenoxy) is 2. The zero-order valence-corrected chi connectivity index (χ0v) is 11.0. The summed E-state index contributed by atoms with van der Waals surface area (Å²) in [6, 6.07) is 7.69. The summed E-state index contributed by atoms with van der Waals surface area (Å²) >= 11 is 0. The Labute approximate surface area is 108 Å². The number of carbonyl (C=O) groups excluding carboxylic acids is 1. The van der Waals surface area contributed by atoms with Crippen molar-refractivity contribution in [3.63, 3.8) is 0 Å². The molecule has 18 heavy (non-hydrogen) atoms. The SMILES string of the molecule is CCOC(=O)/C=C(C)/C=C/c1ccc(OC)cc1. The molecule has 0 spiro atoms. The van der Waals surface area contributed by atoms with Gasteiger partial charge in [0.15, 0.2) is 0 Å². The first kappa shape index (κ1) is 14.0. The van der Waals surface area contributed by atoms with Crippen molar-refractivity contribution in [2.75, 3.05) is 13.7 Å². The van der Waals surface area contributed by atoms with Crippen LogP contribution in [0.15, 0.2) is 42.0 Å².